The Morgan fingerprint density at radius 3 is 3.14 bits per heavy atom. The Morgan fingerprint density at radius 1 is 1.48 bits per heavy atom. The Morgan fingerprint density at radius 2 is 2.33 bits per heavy atom. The zero-order valence-electron chi connectivity index (χ0n) is 12.2. The first kappa shape index (κ1) is 12.8. The highest BCUT2D eigenvalue weighted by Gasteiger charge is 2.42. The van der Waals surface area contributed by atoms with E-state index in [0.717, 1.165) is 49.1 Å². The summed E-state index contributed by atoms with van der Waals surface area (Å²) in [4.78, 5) is 18.8. The largest absolute Gasteiger partial charge is 0.342 e. The van der Waals surface area contributed by atoms with Gasteiger partial charge in [0, 0.05) is 42.2 Å². The fourth-order valence-electron chi connectivity index (χ4n) is 3.49. The lowest BCUT2D eigenvalue weighted by Gasteiger charge is -2.32. The van der Waals surface area contributed by atoms with E-state index >= 15 is 0 Å². The molecule has 1 saturated heterocycles. The standard InChI is InChI=1S/C16H20N4O/c1-10-8-13(10)16(21)20-7-3-4-11(9-20)14-12-5-2-6-17-15(12)19-18-14/h2,5-6,10-11,13H,3-4,7-9H2,1H3,(H,17,18,19)/t10-,11+,13+/m1/s1. The average molecular weight is 284 g/mol. The Bertz CT molecular complexity index is 680. The number of likely N-dealkylation sites (tertiary alicyclic amines) is 1. The van der Waals surface area contributed by atoms with E-state index in [1.54, 1.807) is 6.20 Å². The van der Waals surface area contributed by atoms with Crippen LogP contribution in [0.1, 0.15) is 37.8 Å². The molecule has 3 heterocycles. The molecule has 2 aliphatic rings. The maximum Gasteiger partial charge on any atom is 0.225 e. The predicted molar refractivity (Wildman–Crippen MR) is 79.7 cm³/mol. The van der Waals surface area contributed by atoms with Gasteiger partial charge < -0.3 is 4.90 Å². The number of amides is 1. The van der Waals surface area contributed by atoms with E-state index in [1.165, 1.54) is 0 Å². The second-order valence-corrected chi connectivity index (χ2v) is 6.45. The van der Waals surface area contributed by atoms with Crippen LogP contribution in [0.25, 0.3) is 11.0 Å². The molecule has 1 amide bonds. The van der Waals surface area contributed by atoms with Crippen molar-refractivity contribution >= 4 is 16.9 Å². The first-order chi connectivity index (χ1) is 10.2. The zero-order valence-corrected chi connectivity index (χ0v) is 12.2. The van der Waals surface area contributed by atoms with Crippen molar-refractivity contribution in [3.63, 3.8) is 0 Å². The fourth-order valence-corrected chi connectivity index (χ4v) is 3.49. The SMILES string of the molecule is C[C@@H]1C[C@@H]1C(=O)N1CCC[C@H](c2[nH]nc3ncccc23)C1. The van der Waals surface area contributed by atoms with Gasteiger partial charge in [-0.05, 0) is 37.3 Å². The molecular weight excluding hydrogens is 264 g/mol. The lowest BCUT2D eigenvalue weighted by atomic mass is 9.93. The number of hydrogen-bond acceptors (Lipinski definition) is 3. The minimum atomic E-state index is 0.281. The normalized spacial score (nSPS) is 28.8. The fraction of sp³-hybridized carbons (Fsp3) is 0.562. The van der Waals surface area contributed by atoms with Gasteiger partial charge in [0.05, 0.1) is 0 Å². The van der Waals surface area contributed by atoms with Crippen molar-refractivity contribution in [2.24, 2.45) is 11.8 Å². The molecule has 5 nitrogen and oxygen atoms in total. The third kappa shape index (κ3) is 2.20. The number of H-pyrrole nitrogens is 1. The van der Waals surface area contributed by atoms with Crippen LogP contribution in [-0.2, 0) is 4.79 Å². The van der Waals surface area contributed by atoms with Crippen molar-refractivity contribution in [2.45, 2.75) is 32.1 Å². The van der Waals surface area contributed by atoms with E-state index in [2.05, 4.69) is 33.1 Å². The summed E-state index contributed by atoms with van der Waals surface area (Å²) in [5, 5.41) is 8.52. The van der Waals surface area contributed by atoms with Crippen molar-refractivity contribution in [3.05, 3.63) is 24.0 Å². The first-order valence-corrected chi connectivity index (χ1v) is 7.82. The van der Waals surface area contributed by atoms with E-state index in [0.29, 0.717) is 17.7 Å². The summed E-state index contributed by atoms with van der Waals surface area (Å²) in [7, 11) is 0. The van der Waals surface area contributed by atoms with Crippen LogP contribution in [-0.4, -0.2) is 39.1 Å². The van der Waals surface area contributed by atoms with Gasteiger partial charge in [-0.25, -0.2) is 4.98 Å². The molecule has 1 aliphatic carbocycles. The number of aromatic amines is 1. The highest BCUT2D eigenvalue weighted by molar-refractivity contribution is 5.82. The van der Waals surface area contributed by atoms with Gasteiger partial charge in [-0.15, -0.1) is 0 Å². The maximum absolute atomic E-state index is 12.4. The number of rotatable bonds is 2. The highest BCUT2D eigenvalue weighted by atomic mass is 16.2. The van der Waals surface area contributed by atoms with Gasteiger partial charge in [-0.2, -0.15) is 5.10 Å². The van der Waals surface area contributed by atoms with E-state index in [9.17, 15) is 4.79 Å². The number of carbonyl (C=O) groups is 1. The molecule has 5 heteroatoms. The summed E-state index contributed by atoms with van der Waals surface area (Å²) in [6, 6.07) is 4.00. The molecule has 2 aromatic rings. The lowest BCUT2D eigenvalue weighted by molar-refractivity contribution is -0.134. The molecule has 21 heavy (non-hydrogen) atoms. The van der Waals surface area contributed by atoms with E-state index in [-0.39, 0.29) is 5.92 Å². The van der Waals surface area contributed by atoms with Gasteiger partial charge in [-0.1, -0.05) is 6.92 Å². The molecule has 0 radical (unpaired) electrons. The van der Waals surface area contributed by atoms with Crippen molar-refractivity contribution in [3.8, 4) is 0 Å². The van der Waals surface area contributed by atoms with Crippen LogP contribution in [0.4, 0.5) is 0 Å². The summed E-state index contributed by atoms with van der Waals surface area (Å²) < 4.78 is 0. The molecule has 1 aliphatic heterocycles. The molecule has 2 fully saturated rings. The Kier molecular flexibility index (Phi) is 2.94. The minimum absolute atomic E-state index is 0.281. The van der Waals surface area contributed by atoms with Gasteiger partial charge in [0.1, 0.15) is 0 Å². The summed E-state index contributed by atoms with van der Waals surface area (Å²) in [5.41, 5.74) is 1.91. The lowest BCUT2D eigenvalue weighted by Crippen LogP contribution is -2.40. The van der Waals surface area contributed by atoms with Crippen molar-refractivity contribution in [2.75, 3.05) is 13.1 Å². The number of pyridine rings is 1. The monoisotopic (exact) mass is 284 g/mol. The van der Waals surface area contributed by atoms with E-state index in [4.69, 9.17) is 0 Å². The Hall–Kier alpha value is -1.91. The number of nitrogens with one attached hydrogen (secondary N) is 1. The second-order valence-electron chi connectivity index (χ2n) is 6.45. The van der Waals surface area contributed by atoms with Gasteiger partial charge in [0.2, 0.25) is 5.91 Å². The van der Waals surface area contributed by atoms with E-state index in [1.807, 2.05) is 6.07 Å². The number of nitrogens with zero attached hydrogens (tertiary/aromatic N) is 3. The molecule has 1 saturated carbocycles. The van der Waals surface area contributed by atoms with Crippen LogP contribution in [0.15, 0.2) is 18.3 Å². The van der Waals surface area contributed by atoms with Gasteiger partial charge in [-0.3, -0.25) is 9.89 Å². The van der Waals surface area contributed by atoms with Gasteiger partial charge in [0.25, 0.3) is 0 Å². The number of fused-ring (bicyclic) bond motifs is 1. The third-order valence-corrected chi connectivity index (χ3v) is 4.93. The molecule has 2 aromatic heterocycles. The predicted octanol–water partition coefficient (Wildman–Crippen LogP) is 2.32. The Labute approximate surface area is 123 Å². The number of piperidine rings is 1. The van der Waals surface area contributed by atoms with Crippen LogP contribution in [0.5, 0.6) is 0 Å². The molecule has 4 rings (SSSR count). The van der Waals surface area contributed by atoms with Gasteiger partial charge >= 0.3 is 0 Å². The molecule has 0 aromatic carbocycles. The van der Waals surface area contributed by atoms with Crippen LogP contribution >= 0.6 is 0 Å². The third-order valence-electron chi connectivity index (χ3n) is 4.93. The second kappa shape index (κ2) is 4.83. The highest BCUT2D eigenvalue weighted by Crippen LogP contribution is 2.40. The van der Waals surface area contributed by atoms with E-state index < -0.39 is 0 Å². The Balaban J connectivity index is 1.56. The maximum atomic E-state index is 12.4. The number of aromatic nitrogens is 3. The first-order valence-electron chi connectivity index (χ1n) is 7.82. The summed E-state index contributed by atoms with van der Waals surface area (Å²) in [5.74, 6) is 1.57. The molecule has 0 bridgehead atoms. The topological polar surface area (TPSA) is 61.9 Å². The average Bonchev–Trinajstić information content (AvgIpc) is 3.10. The number of carbonyl (C=O) groups excluding carboxylic acids is 1. The zero-order chi connectivity index (χ0) is 14.4. The quantitative estimate of drug-likeness (QED) is 0.920. The number of hydrogen-bond donors (Lipinski definition) is 1. The minimum Gasteiger partial charge on any atom is -0.342 e. The molecule has 0 spiro atoms. The van der Waals surface area contributed by atoms with Crippen LogP contribution in [0, 0.1) is 11.8 Å². The molecule has 0 unspecified atom stereocenters. The smallest absolute Gasteiger partial charge is 0.225 e. The van der Waals surface area contributed by atoms with Crippen LogP contribution in [0.2, 0.25) is 0 Å². The van der Waals surface area contributed by atoms with Crippen molar-refractivity contribution < 1.29 is 4.79 Å². The molecule has 110 valence electrons. The summed E-state index contributed by atoms with van der Waals surface area (Å²) in [6.07, 6.45) is 5.00. The summed E-state index contributed by atoms with van der Waals surface area (Å²) in [6.45, 7) is 3.88. The van der Waals surface area contributed by atoms with Crippen LogP contribution < -0.4 is 0 Å². The molecule has 1 N–H and O–H groups in total. The van der Waals surface area contributed by atoms with Crippen molar-refractivity contribution in [1.82, 2.24) is 20.1 Å². The molecular formula is C16H20N4O. The molecule has 3 atom stereocenters. The van der Waals surface area contributed by atoms with Gasteiger partial charge in [0.15, 0.2) is 5.65 Å². The summed E-state index contributed by atoms with van der Waals surface area (Å²) >= 11 is 0. The van der Waals surface area contributed by atoms with Crippen molar-refractivity contribution in [1.29, 1.82) is 0 Å². The van der Waals surface area contributed by atoms with Crippen LogP contribution in [0.3, 0.4) is 0 Å².